The van der Waals surface area contributed by atoms with Crippen LogP contribution in [-0.4, -0.2) is 21.0 Å². The summed E-state index contributed by atoms with van der Waals surface area (Å²) in [6.07, 6.45) is 1.28. The number of nitrogens with zero attached hydrogens (tertiary/aromatic N) is 3. The molecule has 0 unspecified atom stereocenters. The minimum Gasteiger partial charge on any atom is -0.473 e. The third-order valence-electron chi connectivity index (χ3n) is 2.97. The van der Waals surface area contributed by atoms with Crippen molar-refractivity contribution in [1.29, 1.82) is 0 Å². The maximum atomic E-state index is 12.1. The number of ether oxygens (including phenoxy) is 1. The molecular formula is C16H14N4O3. The SMILES string of the molecule is Cc1cc(NC(=O)c2cc(OCc3ccccc3)ncn2)no1. The van der Waals surface area contributed by atoms with E-state index in [9.17, 15) is 4.79 Å². The average Bonchev–Trinajstić information content (AvgIpc) is 2.99. The van der Waals surface area contributed by atoms with Gasteiger partial charge in [-0.15, -0.1) is 0 Å². The third kappa shape index (κ3) is 3.91. The highest BCUT2D eigenvalue weighted by molar-refractivity contribution is 6.02. The Hall–Kier alpha value is -3.22. The molecule has 23 heavy (non-hydrogen) atoms. The number of hydrogen-bond donors (Lipinski definition) is 1. The number of amides is 1. The number of rotatable bonds is 5. The molecule has 0 aliphatic rings. The first-order chi connectivity index (χ1) is 11.2. The molecule has 0 aliphatic heterocycles. The molecule has 0 saturated heterocycles. The summed E-state index contributed by atoms with van der Waals surface area (Å²) in [6, 6.07) is 12.8. The van der Waals surface area contributed by atoms with Crippen LogP contribution in [-0.2, 0) is 6.61 Å². The molecular weight excluding hydrogens is 296 g/mol. The van der Waals surface area contributed by atoms with Gasteiger partial charge >= 0.3 is 0 Å². The highest BCUT2D eigenvalue weighted by atomic mass is 16.5. The van der Waals surface area contributed by atoms with Crippen molar-refractivity contribution in [1.82, 2.24) is 15.1 Å². The van der Waals surface area contributed by atoms with Gasteiger partial charge in [-0.05, 0) is 12.5 Å². The van der Waals surface area contributed by atoms with Crippen molar-refractivity contribution < 1.29 is 14.1 Å². The Morgan fingerprint density at radius 3 is 2.78 bits per heavy atom. The van der Waals surface area contributed by atoms with Gasteiger partial charge in [-0.3, -0.25) is 4.79 Å². The van der Waals surface area contributed by atoms with E-state index in [0.717, 1.165) is 5.56 Å². The molecule has 0 fully saturated rings. The van der Waals surface area contributed by atoms with Gasteiger partial charge in [-0.2, -0.15) is 0 Å². The maximum Gasteiger partial charge on any atom is 0.275 e. The van der Waals surface area contributed by atoms with Gasteiger partial charge in [0.2, 0.25) is 5.88 Å². The first-order valence-corrected chi connectivity index (χ1v) is 6.94. The van der Waals surface area contributed by atoms with Crippen molar-refractivity contribution in [3.05, 3.63) is 65.8 Å². The van der Waals surface area contributed by atoms with E-state index >= 15 is 0 Å². The first-order valence-electron chi connectivity index (χ1n) is 6.94. The monoisotopic (exact) mass is 310 g/mol. The normalized spacial score (nSPS) is 10.3. The van der Waals surface area contributed by atoms with Gasteiger partial charge in [0.1, 0.15) is 24.4 Å². The molecule has 0 saturated carbocycles. The molecule has 2 aromatic heterocycles. The highest BCUT2D eigenvalue weighted by Crippen LogP contribution is 2.12. The Kier molecular flexibility index (Phi) is 4.28. The van der Waals surface area contributed by atoms with Crippen LogP contribution in [0.4, 0.5) is 5.82 Å². The van der Waals surface area contributed by atoms with Gasteiger partial charge in [0.15, 0.2) is 5.82 Å². The van der Waals surface area contributed by atoms with Crippen LogP contribution < -0.4 is 10.1 Å². The summed E-state index contributed by atoms with van der Waals surface area (Å²) >= 11 is 0. The van der Waals surface area contributed by atoms with Crippen LogP contribution in [0, 0.1) is 6.92 Å². The Morgan fingerprint density at radius 2 is 2.04 bits per heavy atom. The van der Waals surface area contributed by atoms with Crippen LogP contribution >= 0.6 is 0 Å². The molecule has 116 valence electrons. The second kappa shape index (κ2) is 6.69. The molecule has 7 heteroatoms. The molecule has 1 amide bonds. The van der Waals surface area contributed by atoms with Crippen LogP contribution in [0.1, 0.15) is 21.8 Å². The molecule has 0 atom stereocenters. The van der Waals surface area contributed by atoms with Gasteiger partial charge in [0.25, 0.3) is 5.91 Å². The van der Waals surface area contributed by atoms with E-state index in [1.54, 1.807) is 13.0 Å². The van der Waals surface area contributed by atoms with Gasteiger partial charge in [-0.25, -0.2) is 9.97 Å². The lowest BCUT2D eigenvalue weighted by atomic mass is 10.2. The summed E-state index contributed by atoms with van der Waals surface area (Å²) in [5, 5.41) is 6.29. The second-order valence-electron chi connectivity index (χ2n) is 4.79. The molecule has 2 heterocycles. The zero-order chi connectivity index (χ0) is 16.1. The molecule has 3 aromatic rings. The van der Waals surface area contributed by atoms with Crippen LogP contribution in [0.5, 0.6) is 5.88 Å². The maximum absolute atomic E-state index is 12.1. The van der Waals surface area contributed by atoms with Crippen LogP contribution in [0.2, 0.25) is 0 Å². The Morgan fingerprint density at radius 1 is 1.22 bits per heavy atom. The minimum atomic E-state index is -0.412. The van der Waals surface area contributed by atoms with E-state index in [2.05, 4.69) is 20.4 Å². The predicted molar refractivity (Wildman–Crippen MR) is 82.0 cm³/mol. The number of nitrogens with one attached hydrogen (secondary N) is 1. The predicted octanol–water partition coefficient (Wildman–Crippen LogP) is 2.60. The van der Waals surface area contributed by atoms with Crippen molar-refractivity contribution in [2.75, 3.05) is 5.32 Å². The van der Waals surface area contributed by atoms with E-state index in [1.807, 2.05) is 30.3 Å². The van der Waals surface area contributed by atoms with E-state index in [0.29, 0.717) is 24.1 Å². The minimum absolute atomic E-state index is 0.184. The number of benzene rings is 1. The fourth-order valence-corrected chi connectivity index (χ4v) is 1.88. The third-order valence-corrected chi connectivity index (χ3v) is 2.97. The van der Waals surface area contributed by atoms with E-state index in [1.165, 1.54) is 12.4 Å². The fourth-order valence-electron chi connectivity index (χ4n) is 1.88. The summed E-state index contributed by atoms with van der Waals surface area (Å²) in [6.45, 7) is 2.10. The number of anilines is 1. The average molecular weight is 310 g/mol. The summed E-state index contributed by atoms with van der Waals surface area (Å²) < 4.78 is 10.5. The number of aromatic nitrogens is 3. The molecule has 0 aliphatic carbocycles. The number of hydrogen-bond acceptors (Lipinski definition) is 6. The first kappa shape index (κ1) is 14.7. The molecule has 1 N–H and O–H groups in total. The van der Waals surface area contributed by atoms with Gasteiger partial charge < -0.3 is 14.6 Å². The topological polar surface area (TPSA) is 90.1 Å². The lowest BCUT2D eigenvalue weighted by molar-refractivity contribution is 0.102. The van der Waals surface area contributed by atoms with E-state index in [-0.39, 0.29) is 5.69 Å². The van der Waals surface area contributed by atoms with Crippen molar-refractivity contribution in [3.63, 3.8) is 0 Å². The van der Waals surface area contributed by atoms with Gasteiger partial charge in [-0.1, -0.05) is 35.5 Å². The van der Waals surface area contributed by atoms with Gasteiger partial charge in [0.05, 0.1) is 0 Å². The van der Waals surface area contributed by atoms with Gasteiger partial charge in [0, 0.05) is 12.1 Å². The number of aryl methyl sites for hydroxylation is 1. The van der Waals surface area contributed by atoms with Crippen LogP contribution in [0.15, 0.2) is 53.3 Å². The summed E-state index contributed by atoms with van der Waals surface area (Å²) in [5.74, 6) is 0.850. The number of carbonyl (C=O) groups excluding carboxylic acids is 1. The lowest BCUT2D eigenvalue weighted by Gasteiger charge is -2.06. The fraction of sp³-hybridized carbons (Fsp3) is 0.125. The molecule has 1 aromatic carbocycles. The van der Waals surface area contributed by atoms with E-state index < -0.39 is 5.91 Å². The molecule has 3 rings (SSSR count). The summed E-state index contributed by atoms with van der Waals surface area (Å²) in [5.41, 5.74) is 1.19. The van der Waals surface area contributed by atoms with Crippen LogP contribution in [0.25, 0.3) is 0 Å². The van der Waals surface area contributed by atoms with Crippen molar-refractivity contribution in [3.8, 4) is 5.88 Å². The second-order valence-corrected chi connectivity index (χ2v) is 4.79. The number of carbonyl (C=O) groups is 1. The van der Waals surface area contributed by atoms with E-state index in [4.69, 9.17) is 9.26 Å². The van der Waals surface area contributed by atoms with Crippen molar-refractivity contribution in [2.45, 2.75) is 13.5 Å². The Balaban J connectivity index is 1.65. The lowest BCUT2D eigenvalue weighted by Crippen LogP contribution is -2.14. The molecule has 0 bridgehead atoms. The molecule has 7 nitrogen and oxygen atoms in total. The largest absolute Gasteiger partial charge is 0.473 e. The Labute approximate surface area is 132 Å². The molecule has 0 radical (unpaired) electrons. The molecule has 0 spiro atoms. The van der Waals surface area contributed by atoms with Crippen molar-refractivity contribution >= 4 is 11.7 Å². The summed E-state index contributed by atoms with van der Waals surface area (Å²) in [7, 11) is 0. The smallest absolute Gasteiger partial charge is 0.275 e. The zero-order valence-corrected chi connectivity index (χ0v) is 12.4. The quantitative estimate of drug-likeness (QED) is 0.779. The zero-order valence-electron chi connectivity index (χ0n) is 12.4. The van der Waals surface area contributed by atoms with Crippen molar-refractivity contribution in [2.24, 2.45) is 0 Å². The highest BCUT2D eigenvalue weighted by Gasteiger charge is 2.12. The standard InChI is InChI=1S/C16H14N4O3/c1-11-7-14(20-23-11)19-16(21)13-8-15(18-10-17-13)22-9-12-5-3-2-4-6-12/h2-8,10H,9H2,1H3,(H,19,20,21). The summed E-state index contributed by atoms with van der Waals surface area (Å²) in [4.78, 5) is 20.0. The van der Waals surface area contributed by atoms with Crippen LogP contribution in [0.3, 0.4) is 0 Å². The Bertz CT molecular complexity index is 802.